The molecule has 0 aliphatic carbocycles. The van der Waals surface area contributed by atoms with Crippen molar-refractivity contribution in [2.75, 3.05) is 6.54 Å². The Kier molecular flexibility index (Phi) is 8.75. The quantitative estimate of drug-likeness (QED) is 0.294. The number of nitrogens with one attached hydrogen (secondary N) is 1. The Bertz CT molecular complexity index is 1260. The van der Waals surface area contributed by atoms with E-state index in [1.807, 2.05) is 0 Å². The zero-order valence-corrected chi connectivity index (χ0v) is 20.7. The molecule has 0 radical (unpaired) electrons. The third-order valence-corrected chi connectivity index (χ3v) is 7.35. The van der Waals surface area contributed by atoms with E-state index >= 15 is 0 Å². The first-order valence-corrected chi connectivity index (χ1v) is 12.4. The summed E-state index contributed by atoms with van der Waals surface area (Å²) in [6, 6.07) is 17.3. The lowest BCUT2D eigenvalue weighted by molar-refractivity contribution is -0.121. The van der Waals surface area contributed by atoms with Crippen molar-refractivity contribution in [1.29, 1.82) is 0 Å². The van der Waals surface area contributed by atoms with Gasteiger partial charge in [0.15, 0.2) is 0 Å². The van der Waals surface area contributed by atoms with Gasteiger partial charge >= 0.3 is 0 Å². The van der Waals surface area contributed by atoms with Crippen LogP contribution in [0.2, 0.25) is 20.1 Å². The number of sulfonamides is 1. The molecule has 6 nitrogen and oxygen atoms in total. The second kappa shape index (κ2) is 11.3. The summed E-state index contributed by atoms with van der Waals surface area (Å²) in [6.07, 6.45) is 1.29. The fraction of sp³-hybridized carbons (Fsp3) is 0.0909. The molecule has 0 fully saturated rings. The van der Waals surface area contributed by atoms with Gasteiger partial charge in [-0.3, -0.25) is 4.79 Å². The van der Waals surface area contributed by atoms with Gasteiger partial charge in [-0.1, -0.05) is 64.6 Å². The molecule has 0 aromatic heterocycles. The van der Waals surface area contributed by atoms with Crippen LogP contribution in [0, 0.1) is 0 Å². The van der Waals surface area contributed by atoms with Gasteiger partial charge in [0.05, 0.1) is 27.7 Å². The molecule has 3 rings (SSSR count). The molecule has 3 aromatic carbocycles. The van der Waals surface area contributed by atoms with Crippen LogP contribution >= 0.6 is 46.4 Å². The van der Waals surface area contributed by atoms with Crippen molar-refractivity contribution in [3.05, 3.63) is 97.9 Å². The van der Waals surface area contributed by atoms with Gasteiger partial charge < -0.3 is 0 Å². The van der Waals surface area contributed by atoms with Crippen LogP contribution in [0.1, 0.15) is 11.1 Å². The zero-order chi connectivity index (χ0) is 24.0. The second-order valence-electron chi connectivity index (χ2n) is 6.79. The summed E-state index contributed by atoms with van der Waals surface area (Å²) >= 11 is 24.1. The molecule has 0 aliphatic heterocycles. The Morgan fingerprint density at radius 3 is 2.18 bits per heavy atom. The highest BCUT2D eigenvalue weighted by Gasteiger charge is 2.27. The molecule has 1 amide bonds. The SMILES string of the molecule is O=C(CN(Cc1cccc(Cl)c1)S(=O)(=O)c1ccc(Cl)cc1)N/N=C\c1c(Cl)cccc1Cl. The van der Waals surface area contributed by atoms with Crippen molar-refractivity contribution < 1.29 is 13.2 Å². The van der Waals surface area contributed by atoms with E-state index in [9.17, 15) is 13.2 Å². The van der Waals surface area contributed by atoms with E-state index in [1.165, 1.54) is 30.5 Å². The summed E-state index contributed by atoms with van der Waals surface area (Å²) in [5, 5.41) is 5.40. The molecule has 1 N–H and O–H groups in total. The number of amides is 1. The Morgan fingerprint density at radius 1 is 0.909 bits per heavy atom. The van der Waals surface area contributed by atoms with Crippen LogP contribution in [-0.2, 0) is 21.4 Å². The van der Waals surface area contributed by atoms with Gasteiger partial charge in [-0.25, -0.2) is 13.8 Å². The van der Waals surface area contributed by atoms with Crippen LogP contribution in [-0.4, -0.2) is 31.4 Å². The van der Waals surface area contributed by atoms with Crippen LogP contribution < -0.4 is 5.43 Å². The largest absolute Gasteiger partial charge is 0.272 e. The molecule has 0 heterocycles. The van der Waals surface area contributed by atoms with Crippen LogP contribution in [0.3, 0.4) is 0 Å². The molecular weight excluding hydrogens is 528 g/mol. The van der Waals surface area contributed by atoms with E-state index in [-0.39, 0.29) is 11.4 Å². The summed E-state index contributed by atoms with van der Waals surface area (Å²) in [5.41, 5.74) is 3.34. The number of carbonyl (C=O) groups is 1. The minimum absolute atomic E-state index is 0.00641. The number of hydrazone groups is 1. The van der Waals surface area contributed by atoms with E-state index < -0.39 is 22.5 Å². The maximum Gasteiger partial charge on any atom is 0.255 e. The number of hydrogen-bond donors (Lipinski definition) is 1. The topological polar surface area (TPSA) is 78.8 Å². The van der Waals surface area contributed by atoms with Crippen molar-refractivity contribution in [3.8, 4) is 0 Å². The summed E-state index contributed by atoms with van der Waals surface area (Å²) in [7, 11) is -4.04. The number of rotatable bonds is 8. The Hall–Kier alpha value is -2.13. The zero-order valence-electron chi connectivity index (χ0n) is 16.9. The van der Waals surface area contributed by atoms with Crippen molar-refractivity contribution in [2.24, 2.45) is 5.10 Å². The minimum Gasteiger partial charge on any atom is -0.272 e. The Morgan fingerprint density at radius 2 is 1.55 bits per heavy atom. The lowest BCUT2D eigenvalue weighted by Crippen LogP contribution is -2.39. The Balaban J connectivity index is 1.82. The average molecular weight is 545 g/mol. The Labute approximate surface area is 211 Å². The van der Waals surface area contributed by atoms with Crippen LogP contribution in [0.25, 0.3) is 0 Å². The van der Waals surface area contributed by atoms with Crippen LogP contribution in [0.5, 0.6) is 0 Å². The standard InChI is InChI=1S/C22H17Cl4N3O3S/c23-16-7-9-18(10-8-16)33(31,32)29(13-15-3-1-4-17(24)11-15)14-22(30)28-27-12-19-20(25)5-2-6-21(19)26/h1-12H,13-14H2,(H,28,30)/b27-12-. The van der Waals surface area contributed by atoms with E-state index in [0.29, 0.717) is 31.2 Å². The first-order chi connectivity index (χ1) is 15.7. The molecule has 0 atom stereocenters. The lowest BCUT2D eigenvalue weighted by atomic mass is 10.2. The van der Waals surface area contributed by atoms with E-state index in [4.69, 9.17) is 46.4 Å². The van der Waals surface area contributed by atoms with Crippen LogP contribution in [0.4, 0.5) is 0 Å². The summed E-state index contributed by atoms with van der Waals surface area (Å²) in [6.45, 7) is -0.579. The van der Waals surface area contributed by atoms with Gasteiger partial charge in [-0.2, -0.15) is 9.41 Å². The van der Waals surface area contributed by atoms with E-state index in [0.717, 1.165) is 4.31 Å². The molecule has 0 saturated carbocycles. The highest BCUT2D eigenvalue weighted by Crippen LogP contribution is 2.23. The van der Waals surface area contributed by atoms with Gasteiger partial charge in [-0.05, 0) is 54.1 Å². The van der Waals surface area contributed by atoms with Gasteiger partial charge in [0.2, 0.25) is 10.0 Å². The van der Waals surface area contributed by atoms with E-state index in [2.05, 4.69) is 10.5 Å². The maximum atomic E-state index is 13.2. The van der Waals surface area contributed by atoms with Gasteiger partial charge in [0.25, 0.3) is 5.91 Å². The number of nitrogens with zero attached hydrogens (tertiary/aromatic N) is 2. The maximum absolute atomic E-state index is 13.2. The molecule has 11 heteroatoms. The van der Waals surface area contributed by atoms with Crippen molar-refractivity contribution in [3.63, 3.8) is 0 Å². The predicted octanol–water partition coefficient (Wildman–Crippen LogP) is 5.64. The van der Waals surface area contributed by atoms with Gasteiger partial charge in [0, 0.05) is 22.2 Å². The molecule has 3 aromatic rings. The number of hydrogen-bond acceptors (Lipinski definition) is 4. The molecule has 0 unspecified atom stereocenters. The molecule has 33 heavy (non-hydrogen) atoms. The van der Waals surface area contributed by atoms with Gasteiger partial charge in [0.1, 0.15) is 0 Å². The highest BCUT2D eigenvalue weighted by atomic mass is 35.5. The molecule has 0 spiro atoms. The number of carbonyl (C=O) groups excluding carboxylic acids is 1. The highest BCUT2D eigenvalue weighted by molar-refractivity contribution is 7.89. The number of benzene rings is 3. The molecule has 172 valence electrons. The summed E-state index contributed by atoms with van der Waals surface area (Å²) in [5.74, 6) is -0.658. The lowest BCUT2D eigenvalue weighted by Gasteiger charge is -2.21. The number of halogens is 4. The third-order valence-electron chi connectivity index (χ3n) is 4.40. The monoisotopic (exact) mass is 543 g/mol. The molecular formula is C22H17Cl4N3O3S. The van der Waals surface area contributed by atoms with Crippen molar-refractivity contribution in [1.82, 2.24) is 9.73 Å². The average Bonchev–Trinajstić information content (AvgIpc) is 2.76. The minimum atomic E-state index is -4.04. The molecule has 0 saturated heterocycles. The second-order valence-corrected chi connectivity index (χ2v) is 10.4. The van der Waals surface area contributed by atoms with E-state index in [1.54, 1.807) is 42.5 Å². The fourth-order valence-electron chi connectivity index (χ4n) is 2.82. The van der Waals surface area contributed by atoms with Crippen LogP contribution in [0.15, 0.2) is 76.7 Å². The molecule has 0 aliphatic rings. The van der Waals surface area contributed by atoms with Crippen molar-refractivity contribution in [2.45, 2.75) is 11.4 Å². The summed E-state index contributed by atoms with van der Waals surface area (Å²) in [4.78, 5) is 12.6. The predicted molar refractivity (Wildman–Crippen MR) is 133 cm³/mol. The molecule has 0 bridgehead atoms. The third kappa shape index (κ3) is 6.93. The van der Waals surface area contributed by atoms with Crippen molar-refractivity contribution >= 4 is 68.5 Å². The fourth-order valence-corrected chi connectivity index (χ4v) is 5.04. The van der Waals surface area contributed by atoms with Gasteiger partial charge in [-0.15, -0.1) is 0 Å². The normalized spacial score (nSPS) is 11.8. The first-order valence-electron chi connectivity index (χ1n) is 9.43. The smallest absolute Gasteiger partial charge is 0.255 e. The summed E-state index contributed by atoms with van der Waals surface area (Å²) < 4.78 is 27.5. The first kappa shape index (κ1) is 25.5.